The van der Waals surface area contributed by atoms with E-state index in [9.17, 15) is 9.59 Å². The first kappa shape index (κ1) is 20.0. The molecular weight excluding hydrogens is 423 g/mol. The lowest BCUT2D eigenvalue weighted by Gasteiger charge is -2.16. The van der Waals surface area contributed by atoms with Crippen molar-refractivity contribution in [1.29, 1.82) is 0 Å². The molecule has 1 heterocycles. The molecule has 0 unspecified atom stereocenters. The Balaban J connectivity index is 1.85. The van der Waals surface area contributed by atoms with E-state index in [2.05, 4.69) is 5.32 Å². The van der Waals surface area contributed by atoms with Gasteiger partial charge in [-0.15, -0.1) is 0 Å². The maximum Gasteiger partial charge on any atom is 0.282 e. The van der Waals surface area contributed by atoms with Crippen molar-refractivity contribution in [1.82, 2.24) is 0 Å². The van der Waals surface area contributed by atoms with E-state index in [1.165, 1.54) is 7.11 Å². The fourth-order valence-electron chi connectivity index (χ4n) is 3.26. The zero-order chi connectivity index (χ0) is 21.3. The number of nitrogens with one attached hydrogen (secondary N) is 1. The summed E-state index contributed by atoms with van der Waals surface area (Å²) in [6.45, 7) is 0. The molecule has 4 rings (SSSR count). The van der Waals surface area contributed by atoms with Crippen LogP contribution in [0.25, 0.3) is 5.57 Å². The molecule has 2 amide bonds. The minimum Gasteiger partial charge on any atom is -0.495 e. The van der Waals surface area contributed by atoms with Crippen LogP contribution in [0.3, 0.4) is 0 Å². The van der Waals surface area contributed by atoms with Crippen molar-refractivity contribution < 1.29 is 14.3 Å². The van der Waals surface area contributed by atoms with Gasteiger partial charge in [0.05, 0.1) is 24.1 Å². The molecule has 3 aromatic carbocycles. The number of amides is 2. The highest BCUT2D eigenvalue weighted by molar-refractivity contribution is 6.46. The van der Waals surface area contributed by atoms with E-state index in [4.69, 9.17) is 27.9 Å². The molecule has 5 nitrogen and oxygen atoms in total. The number of rotatable bonds is 5. The third kappa shape index (κ3) is 3.65. The lowest BCUT2D eigenvalue weighted by Crippen LogP contribution is -2.32. The number of anilines is 2. The number of benzene rings is 3. The summed E-state index contributed by atoms with van der Waals surface area (Å²) < 4.78 is 5.37. The average Bonchev–Trinajstić information content (AvgIpc) is 2.99. The number of hydrogen-bond donors (Lipinski definition) is 1. The highest BCUT2D eigenvalue weighted by Gasteiger charge is 2.40. The van der Waals surface area contributed by atoms with Crippen LogP contribution < -0.4 is 15.0 Å². The average molecular weight is 439 g/mol. The number of methoxy groups -OCH3 is 1. The maximum absolute atomic E-state index is 13.4. The molecule has 1 N–H and O–H groups in total. The summed E-state index contributed by atoms with van der Waals surface area (Å²) in [6, 6.07) is 20.5. The molecule has 3 aromatic rings. The largest absolute Gasteiger partial charge is 0.495 e. The van der Waals surface area contributed by atoms with Crippen LogP contribution in [0.2, 0.25) is 10.0 Å². The van der Waals surface area contributed by atoms with Crippen molar-refractivity contribution in [3.05, 3.63) is 94.1 Å². The minimum absolute atomic E-state index is 0.145. The van der Waals surface area contributed by atoms with Crippen LogP contribution in [0.15, 0.2) is 78.5 Å². The van der Waals surface area contributed by atoms with Crippen molar-refractivity contribution in [2.75, 3.05) is 17.3 Å². The first-order chi connectivity index (χ1) is 14.5. The Morgan fingerprint density at radius 2 is 1.57 bits per heavy atom. The van der Waals surface area contributed by atoms with E-state index in [0.717, 1.165) is 4.90 Å². The Morgan fingerprint density at radius 1 is 0.833 bits per heavy atom. The van der Waals surface area contributed by atoms with E-state index < -0.39 is 11.8 Å². The number of para-hydroxylation sites is 2. The van der Waals surface area contributed by atoms with E-state index in [0.29, 0.717) is 32.7 Å². The van der Waals surface area contributed by atoms with Gasteiger partial charge in [0.1, 0.15) is 11.4 Å². The first-order valence-electron chi connectivity index (χ1n) is 9.04. The molecule has 150 valence electrons. The number of nitrogens with zero attached hydrogens (tertiary/aromatic N) is 1. The molecule has 0 aliphatic carbocycles. The quantitative estimate of drug-likeness (QED) is 0.541. The van der Waals surface area contributed by atoms with E-state index in [1.54, 1.807) is 60.7 Å². The predicted molar refractivity (Wildman–Crippen MR) is 119 cm³/mol. The van der Waals surface area contributed by atoms with Gasteiger partial charge in [-0.1, -0.05) is 53.5 Å². The highest BCUT2D eigenvalue weighted by atomic mass is 35.5. The summed E-state index contributed by atoms with van der Waals surface area (Å²) in [7, 11) is 1.54. The SMILES string of the molecule is COc1ccccc1NC1=C(c2ccc(Cl)cc2)C(=O)N(c2cccc(Cl)c2)C1=O. The summed E-state index contributed by atoms with van der Waals surface area (Å²) in [6.07, 6.45) is 0. The summed E-state index contributed by atoms with van der Waals surface area (Å²) in [4.78, 5) is 27.8. The Labute approximate surface area is 183 Å². The van der Waals surface area contributed by atoms with Crippen molar-refractivity contribution >= 4 is 52.0 Å². The Hall–Kier alpha value is -3.28. The zero-order valence-electron chi connectivity index (χ0n) is 15.9. The molecule has 0 saturated heterocycles. The van der Waals surface area contributed by atoms with Crippen LogP contribution in [0.4, 0.5) is 11.4 Å². The maximum atomic E-state index is 13.4. The van der Waals surface area contributed by atoms with Gasteiger partial charge in [0, 0.05) is 10.0 Å². The minimum atomic E-state index is -0.488. The standard InChI is InChI=1S/C23H16Cl2N2O3/c1-30-19-8-3-2-7-18(19)26-21-20(14-9-11-15(24)12-10-14)22(28)27(23(21)29)17-6-4-5-16(25)13-17/h2-13,26H,1H3. The lowest BCUT2D eigenvalue weighted by molar-refractivity contribution is -0.120. The number of halogens is 2. The summed E-state index contributed by atoms with van der Waals surface area (Å²) in [5.41, 5.74) is 1.91. The van der Waals surface area contributed by atoms with Gasteiger partial charge in [0.15, 0.2) is 0 Å². The second-order valence-corrected chi connectivity index (χ2v) is 7.38. The molecule has 0 fully saturated rings. The van der Waals surface area contributed by atoms with Crippen molar-refractivity contribution in [3.8, 4) is 5.75 Å². The molecule has 1 aliphatic heterocycles. The smallest absolute Gasteiger partial charge is 0.282 e. The van der Waals surface area contributed by atoms with Gasteiger partial charge in [-0.2, -0.15) is 0 Å². The predicted octanol–water partition coefficient (Wildman–Crippen LogP) is 5.40. The van der Waals surface area contributed by atoms with Crippen LogP contribution in [0, 0.1) is 0 Å². The van der Waals surface area contributed by atoms with Crippen LogP contribution in [0.1, 0.15) is 5.56 Å². The molecule has 30 heavy (non-hydrogen) atoms. The van der Waals surface area contributed by atoms with Gasteiger partial charge in [0.25, 0.3) is 11.8 Å². The van der Waals surface area contributed by atoms with Crippen molar-refractivity contribution in [2.45, 2.75) is 0 Å². The first-order valence-corrected chi connectivity index (χ1v) is 9.80. The van der Waals surface area contributed by atoms with Gasteiger partial charge >= 0.3 is 0 Å². The normalized spacial score (nSPS) is 13.8. The molecule has 0 spiro atoms. The van der Waals surface area contributed by atoms with Crippen molar-refractivity contribution in [3.63, 3.8) is 0 Å². The molecule has 0 saturated carbocycles. The van der Waals surface area contributed by atoms with Gasteiger partial charge in [0.2, 0.25) is 0 Å². The number of hydrogen-bond acceptors (Lipinski definition) is 4. The Bertz CT molecular complexity index is 1170. The topological polar surface area (TPSA) is 58.6 Å². The molecule has 0 atom stereocenters. The monoisotopic (exact) mass is 438 g/mol. The zero-order valence-corrected chi connectivity index (χ0v) is 17.4. The number of carbonyl (C=O) groups excluding carboxylic acids is 2. The van der Waals surface area contributed by atoms with Crippen LogP contribution in [-0.4, -0.2) is 18.9 Å². The third-order valence-corrected chi connectivity index (χ3v) is 5.14. The molecule has 0 radical (unpaired) electrons. The van der Waals surface area contributed by atoms with Crippen LogP contribution in [0.5, 0.6) is 5.75 Å². The molecular formula is C23H16Cl2N2O3. The molecule has 7 heteroatoms. The van der Waals surface area contributed by atoms with Crippen LogP contribution in [-0.2, 0) is 9.59 Å². The van der Waals surface area contributed by atoms with E-state index >= 15 is 0 Å². The Morgan fingerprint density at radius 3 is 2.27 bits per heavy atom. The number of ether oxygens (including phenoxy) is 1. The molecule has 1 aliphatic rings. The fourth-order valence-corrected chi connectivity index (χ4v) is 3.57. The van der Waals surface area contributed by atoms with Gasteiger partial charge in [-0.25, -0.2) is 4.90 Å². The van der Waals surface area contributed by atoms with Gasteiger partial charge in [-0.05, 0) is 48.0 Å². The number of imide groups is 1. The number of carbonyl (C=O) groups is 2. The molecule has 0 aromatic heterocycles. The fraction of sp³-hybridized carbons (Fsp3) is 0.0435. The third-order valence-electron chi connectivity index (χ3n) is 4.65. The molecule has 0 bridgehead atoms. The van der Waals surface area contributed by atoms with E-state index in [1.807, 2.05) is 12.1 Å². The Kier molecular flexibility index (Phi) is 5.48. The summed E-state index contributed by atoms with van der Waals surface area (Å²) in [5, 5.41) is 4.05. The van der Waals surface area contributed by atoms with Crippen LogP contribution >= 0.6 is 23.2 Å². The van der Waals surface area contributed by atoms with Gasteiger partial charge in [-0.3, -0.25) is 9.59 Å². The van der Waals surface area contributed by atoms with Gasteiger partial charge < -0.3 is 10.1 Å². The lowest BCUT2D eigenvalue weighted by atomic mass is 10.0. The highest BCUT2D eigenvalue weighted by Crippen LogP contribution is 2.36. The second-order valence-electron chi connectivity index (χ2n) is 6.51. The second kappa shape index (κ2) is 8.22. The van der Waals surface area contributed by atoms with E-state index in [-0.39, 0.29) is 11.3 Å². The summed E-state index contributed by atoms with van der Waals surface area (Å²) >= 11 is 12.1. The summed E-state index contributed by atoms with van der Waals surface area (Å²) in [5.74, 6) is -0.401. The van der Waals surface area contributed by atoms with Crippen molar-refractivity contribution in [2.24, 2.45) is 0 Å².